The van der Waals surface area contributed by atoms with Gasteiger partial charge in [0.15, 0.2) is 0 Å². The van der Waals surface area contributed by atoms with E-state index in [4.69, 9.17) is 16.3 Å². The molecule has 1 aromatic carbocycles. The van der Waals surface area contributed by atoms with Crippen molar-refractivity contribution in [3.63, 3.8) is 0 Å². The molecule has 2 nitrogen and oxygen atoms in total. The first-order valence-corrected chi connectivity index (χ1v) is 8.37. The minimum absolute atomic E-state index is 0.179. The van der Waals surface area contributed by atoms with Gasteiger partial charge >= 0.3 is 0 Å². The third-order valence-corrected chi connectivity index (χ3v) is 5.49. The number of halogens is 2. The highest BCUT2D eigenvalue weighted by atomic mass is 35.5. The molecule has 0 heterocycles. The van der Waals surface area contributed by atoms with Crippen molar-refractivity contribution >= 4 is 17.3 Å². The number of rotatable bonds is 4. The lowest BCUT2D eigenvalue weighted by Gasteiger charge is -2.58. The van der Waals surface area contributed by atoms with E-state index < -0.39 is 0 Å². The fourth-order valence-corrected chi connectivity index (χ4v) is 4.23. The molecule has 2 saturated carbocycles. The Kier molecular flexibility index (Phi) is 4.41. The molecule has 3 rings (SSSR count). The molecular weight excluding hydrogens is 289 g/mol. The van der Waals surface area contributed by atoms with Crippen molar-refractivity contribution in [2.24, 2.45) is 5.41 Å². The average molecular weight is 312 g/mol. The molecule has 0 bridgehead atoms. The van der Waals surface area contributed by atoms with Crippen LogP contribution in [0, 0.1) is 11.2 Å². The minimum Gasteiger partial charge on any atom is -0.382 e. The summed E-state index contributed by atoms with van der Waals surface area (Å²) in [5.74, 6) is -0.365. The molecule has 0 radical (unpaired) electrons. The molecule has 0 aliphatic heterocycles. The number of ether oxygens (including phenoxy) is 1. The molecule has 1 spiro atoms. The molecule has 1 N–H and O–H groups in total. The summed E-state index contributed by atoms with van der Waals surface area (Å²) in [6.07, 6.45) is 7.75. The van der Waals surface area contributed by atoms with Gasteiger partial charge in [-0.05, 0) is 44.4 Å². The van der Waals surface area contributed by atoms with Gasteiger partial charge in [0.2, 0.25) is 0 Å². The Hall–Kier alpha value is -0.800. The van der Waals surface area contributed by atoms with Gasteiger partial charge in [0.05, 0.1) is 11.1 Å². The van der Waals surface area contributed by atoms with Crippen LogP contribution in [0.15, 0.2) is 18.2 Å². The summed E-state index contributed by atoms with van der Waals surface area (Å²) in [7, 11) is 0. The first-order valence-electron chi connectivity index (χ1n) is 7.99. The third kappa shape index (κ3) is 2.78. The highest BCUT2D eigenvalue weighted by molar-refractivity contribution is 6.31. The van der Waals surface area contributed by atoms with Crippen molar-refractivity contribution in [2.45, 2.75) is 57.6 Å². The lowest BCUT2D eigenvalue weighted by molar-refractivity contribution is -0.134. The minimum atomic E-state index is -0.365. The molecule has 116 valence electrons. The van der Waals surface area contributed by atoms with E-state index in [-0.39, 0.29) is 16.3 Å². The van der Waals surface area contributed by atoms with Crippen LogP contribution in [-0.4, -0.2) is 18.8 Å². The maximum absolute atomic E-state index is 13.3. The summed E-state index contributed by atoms with van der Waals surface area (Å²) >= 11 is 5.87. The highest BCUT2D eigenvalue weighted by Gasteiger charge is 2.55. The number of nitrogens with one attached hydrogen (secondary N) is 1. The SMILES string of the molecule is CCOC1CC(Nc2ccc(F)c(Cl)c2)C12CCCCC2. The zero-order valence-electron chi connectivity index (χ0n) is 12.5. The van der Waals surface area contributed by atoms with E-state index in [1.165, 1.54) is 38.2 Å². The van der Waals surface area contributed by atoms with Gasteiger partial charge in [0.1, 0.15) is 5.82 Å². The molecule has 2 unspecified atom stereocenters. The van der Waals surface area contributed by atoms with E-state index in [0.717, 1.165) is 18.7 Å². The summed E-state index contributed by atoms with van der Waals surface area (Å²) < 4.78 is 19.2. The van der Waals surface area contributed by atoms with Crippen molar-refractivity contribution in [1.82, 2.24) is 0 Å². The van der Waals surface area contributed by atoms with Gasteiger partial charge in [-0.15, -0.1) is 0 Å². The maximum atomic E-state index is 13.3. The second-order valence-electron chi connectivity index (χ2n) is 6.30. The van der Waals surface area contributed by atoms with Gasteiger partial charge in [0, 0.05) is 23.8 Å². The van der Waals surface area contributed by atoms with Gasteiger partial charge in [0.25, 0.3) is 0 Å². The Morgan fingerprint density at radius 3 is 2.76 bits per heavy atom. The second-order valence-corrected chi connectivity index (χ2v) is 6.71. The molecule has 0 saturated heterocycles. The van der Waals surface area contributed by atoms with Crippen LogP contribution >= 0.6 is 11.6 Å². The Balaban J connectivity index is 1.73. The van der Waals surface area contributed by atoms with Crippen LogP contribution in [0.1, 0.15) is 45.4 Å². The molecular formula is C17H23ClFNO. The highest BCUT2D eigenvalue weighted by Crippen LogP contribution is 2.54. The first-order chi connectivity index (χ1) is 10.2. The second kappa shape index (κ2) is 6.13. The zero-order chi connectivity index (χ0) is 14.9. The maximum Gasteiger partial charge on any atom is 0.141 e. The molecule has 21 heavy (non-hydrogen) atoms. The Labute approximate surface area is 131 Å². The lowest BCUT2D eigenvalue weighted by Crippen LogP contribution is -2.62. The van der Waals surface area contributed by atoms with Crippen molar-refractivity contribution in [3.05, 3.63) is 29.0 Å². The predicted molar refractivity (Wildman–Crippen MR) is 84.4 cm³/mol. The summed E-state index contributed by atoms with van der Waals surface area (Å²) in [6, 6.07) is 5.29. The zero-order valence-corrected chi connectivity index (χ0v) is 13.3. The summed E-state index contributed by atoms with van der Waals surface area (Å²) in [5.41, 5.74) is 1.17. The van der Waals surface area contributed by atoms with E-state index in [2.05, 4.69) is 12.2 Å². The predicted octanol–water partition coefficient (Wildman–Crippen LogP) is 5.02. The van der Waals surface area contributed by atoms with Gasteiger partial charge in [-0.2, -0.15) is 0 Å². The number of benzene rings is 1. The number of anilines is 1. The molecule has 2 atom stereocenters. The topological polar surface area (TPSA) is 21.3 Å². The van der Waals surface area contributed by atoms with Crippen LogP contribution in [0.5, 0.6) is 0 Å². The summed E-state index contributed by atoms with van der Waals surface area (Å²) in [4.78, 5) is 0. The van der Waals surface area contributed by atoms with Gasteiger partial charge < -0.3 is 10.1 Å². The van der Waals surface area contributed by atoms with Crippen molar-refractivity contribution < 1.29 is 9.13 Å². The van der Waals surface area contributed by atoms with Crippen molar-refractivity contribution in [1.29, 1.82) is 0 Å². The van der Waals surface area contributed by atoms with Crippen molar-refractivity contribution in [3.8, 4) is 0 Å². The molecule has 0 aromatic heterocycles. The van der Waals surface area contributed by atoms with Crippen LogP contribution in [0.25, 0.3) is 0 Å². The number of hydrogen-bond acceptors (Lipinski definition) is 2. The normalized spacial score (nSPS) is 27.4. The Morgan fingerprint density at radius 1 is 1.33 bits per heavy atom. The van der Waals surface area contributed by atoms with Crippen LogP contribution in [0.4, 0.5) is 10.1 Å². The van der Waals surface area contributed by atoms with Crippen LogP contribution < -0.4 is 5.32 Å². The van der Waals surface area contributed by atoms with E-state index >= 15 is 0 Å². The van der Waals surface area contributed by atoms with Gasteiger partial charge in [-0.3, -0.25) is 0 Å². The van der Waals surface area contributed by atoms with Crippen LogP contribution in [0.3, 0.4) is 0 Å². The Bertz CT molecular complexity index is 502. The summed E-state index contributed by atoms with van der Waals surface area (Å²) in [5, 5.41) is 3.74. The quantitative estimate of drug-likeness (QED) is 0.843. The van der Waals surface area contributed by atoms with Gasteiger partial charge in [-0.25, -0.2) is 4.39 Å². The smallest absolute Gasteiger partial charge is 0.141 e. The third-order valence-electron chi connectivity index (χ3n) is 5.20. The molecule has 2 aliphatic rings. The van der Waals surface area contributed by atoms with Crippen LogP contribution in [0.2, 0.25) is 5.02 Å². The largest absolute Gasteiger partial charge is 0.382 e. The monoisotopic (exact) mass is 311 g/mol. The fraction of sp³-hybridized carbons (Fsp3) is 0.647. The molecule has 2 aliphatic carbocycles. The van der Waals surface area contributed by atoms with Crippen molar-refractivity contribution in [2.75, 3.05) is 11.9 Å². The molecule has 1 aromatic rings. The van der Waals surface area contributed by atoms with Crippen LogP contribution in [-0.2, 0) is 4.74 Å². The fourth-order valence-electron chi connectivity index (χ4n) is 4.05. The average Bonchev–Trinajstić information content (AvgIpc) is 2.50. The molecule has 2 fully saturated rings. The van der Waals surface area contributed by atoms with E-state index in [1.807, 2.05) is 0 Å². The van der Waals surface area contributed by atoms with E-state index in [9.17, 15) is 4.39 Å². The van der Waals surface area contributed by atoms with E-state index in [0.29, 0.717) is 12.1 Å². The molecule has 4 heteroatoms. The lowest BCUT2D eigenvalue weighted by atomic mass is 9.55. The summed E-state index contributed by atoms with van der Waals surface area (Å²) in [6.45, 7) is 2.85. The van der Waals surface area contributed by atoms with E-state index in [1.54, 1.807) is 12.1 Å². The first kappa shape index (κ1) is 15.1. The molecule has 0 amide bonds. The Morgan fingerprint density at radius 2 is 2.10 bits per heavy atom. The van der Waals surface area contributed by atoms with Gasteiger partial charge in [-0.1, -0.05) is 30.9 Å². The number of hydrogen-bond donors (Lipinski definition) is 1. The standard InChI is InChI=1S/C17H23ClFNO/c1-2-21-16-11-15(17(16)8-4-3-5-9-17)20-12-6-7-14(19)13(18)10-12/h6-7,10,15-16,20H,2-5,8-9,11H2,1H3.